The van der Waals surface area contributed by atoms with Crippen LogP contribution in [-0.2, 0) is 0 Å². The summed E-state index contributed by atoms with van der Waals surface area (Å²) in [5.41, 5.74) is 4.46. The zero-order chi connectivity index (χ0) is 11.0. The summed E-state index contributed by atoms with van der Waals surface area (Å²) in [7, 11) is 0. The third-order valence-corrected chi connectivity index (χ3v) is 3.21. The normalized spacial score (nSPS) is 10.8. The van der Waals surface area contributed by atoms with Crippen LogP contribution in [-0.4, -0.2) is 4.98 Å². The van der Waals surface area contributed by atoms with E-state index in [1.54, 1.807) is 17.4 Å². The van der Waals surface area contributed by atoms with Gasteiger partial charge in [0.15, 0.2) is 0 Å². The lowest BCUT2D eigenvalue weighted by atomic mass is 10.1. The predicted molar refractivity (Wildman–Crippen MR) is 63.9 cm³/mol. The number of hydrogen-bond acceptors (Lipinski definition) is 2. The van der Waals surface area contributed by atoms with Crippen molar-refractivity contribution in [2.45, 2.75) is 0 Å². The molecule has 77 valence electrons. The van der Waals surface area contributed by atoms with E-state index in [2.05, 4.69) is 11.1 Å². The molecule has 0 aliphatic rings. The van der Waals surface area contributed by atoms with Crippen molar-refractivity contribution in [3.8, 4) is 11.1 Å². The van der Waals surface area contributed by atoms with E-state index in [0.29, 0.717) is 0 Å². The Morgan fingerprint density at radius 1 is 1.19 bits per heavy atom. The first-order valence-electron chi connectivity index (χ1n) is 4.84. The number of aromatic nitrogens is 1. The van der Waals surface area contributed by atoms with E-state index in [4.69, 9.17) is 0 Å². The first-order valence-corrected chi connectivity index (χ1v) is 5.72. The fraction of sp³-hybridized carbons (Fsp3) is 0. The molecule has 0 N–H and O–H groups in total. The average Bonchev–Trinajstić information content (AvgIpc) is 2.75. The molecule has 1 nitrogen and oxygen atoms in total. The monoisotopic (exact) mass is 228 g/mol. The second-order valence-electron chi connectivity index (χ2n) is 3.46. The Bertz CT molecular complexity index is 645. The molecule has 3 heteroatoms. The highest BCUT2D eigenvalue weighted by Crippen LogP contribution is 2.25. The van der Waals surface area contributed by atoms with Gasteiger partial charge in [-0.2, -0.15) is 0 Å². The summed E-state index contributed by atoms with van der Waals surface area (Å²) < 4.78 is 14.2. The minimum atomic E-state index is -0.243. The van der Waals surface area contributed by atoms with Crippen molar-refractivity contribution in [1.82, 2.24) is 4.98 Å². The predicted octanol–water partition coefficient (Wildman–Crippen LogP) is 3.90. The molecule has 1 aromatic heterocycles. The van der Waals surface area contributed by atoms with Gasteiger partial charge in [-0.05, 0) is 41.5 Å². The van der Waals surface area contributed by atoms with Crippen molar-refractivity contribution < 1.29 is 4.39 Å². The van der Waals surface area contributed by atoms with Gasteiger partial charge in [-0.1, -0.05) is 12.1 Å². The molecule has 2 aromatic carbocycles. The molecule has 0 aliphatic heterocycles. The molecule has 0 aliphatic carbocycles. The standard InChI is InChI=1S/C13H7FNS/c14-11-3-1-2-9(6-11)10-4-5-13-12(7-10)15-8-16-13/h1,3-8H. The van der Waals surface area contributed by atoms with E-state index >= 15 is 0 Å². The molecule has 0 amide bonds. The van der Waals surface area contributed by atoms with Gasteiger partial charge in [0.2, 0.25) is 0 Å². The number of benzene rings is 2. The third kappa shape index (κ3) is 1.59. The maximum atomic E-state index is 13.1. The molecule has 0 fully saturated rings. The second kappa shape index (κ2) is 3.68. The van der Waals surface area contributed by atoms with Crippen molar-refractivity contribution in [2.75, 3.05) is 0 Å². The van der Waals surface area contributed by atoms with E-state index in [1.807, 2.05) is 23.7 Å². The molecule has 0 saturated carbocycles. The summed E-state index contributed by atoms with van der Waals surface area (Å²) in [6, 6.07) is 13.4. The highest BCUT2D eigenvalue weighted by atomic mass is 32.1. The number of fused-ring (bicyclic) bond motifs is 1. The topological polar surface area (TPSA) is 12.9 Å². The van der Waals surface area contributed by atoms with Gasteiger partial charge in [-0.25, -0.2) is 9.37 Å². The maximum absolute atomic E-state index is 13.1. The van der Waals surface area contributed by atoms with Gasteiger partial charge in [-0.3, -0.25) is 0 Å². The summed E-state index contributed by atoms with van der Waals surface area (Å²) in [5.74, 6) is -0.243. The SMILES string of the molecule is Fc1cc[c]c(-c2ccc3scnc3c2)c1. The number of thiazole rings is 1. The molecule has 16 heavy (non-hydrogen) atoms. The summed E-state index contributed by atoms with van der Waals surface area (Å²) >= 11 is 1.60. The van der Waals surface area contributed by atoms with Crippen LogP contribution < -0.4 is 0 Å². The molecule has 1 radical (unpaired) electrons. The molecule has 3 aromatic rings. The van der Waals surface area contributed by atoms with E-state index in [0.717, 1.165) is 21.3 Å². The highest BCUT2D eigenvalue weighted by molar-refractivity contribution is 7.16. The molecule has 0 bridgehead atoms. The van der Waals surface area contributed by atoms with Crippen LogP contribution in [0.15, 0.2) is 41.9 Å². The molecule has 0 saturated heterocycles. The Hall–Kier alpha value is -1.74. The van der Waals surface area contributed by atoms with Gasteiger partial charge in [0, 0.05) is 0 Å². The lowest BCUT2D eigenvalue weighted by Gasteiger charge is -2.00. The van der Waals surface area contributed by atoms with Crippen LogP contribution in [0.25, 0.3) is 21.3 Å². The van der Waals surface area contributed by atoms with Crippen LogP contribution in [0.5, 0.6) is 0 Å². The van der Waals surface area contributed by atoms with E-state index < -0.39 is 0 Å². The summed E-state index contributed by atoms with van der Waals surface area (Å²) in [4.78, 5) is 4.24. The molecule has 3 rings (SSSR count). The average molecular weight is 228 g/mol. The van der Waals surface area contributed by atoms with Crippen LogP contribution in [0.4, 0.5) is 4.39 Å². The van der Waals surface area contributed by atoms with Crippen molar-refractivity contribution in [3.63, 3.8) is 0 Å². The summed E-state index contributed by atoms with van der Waals surface area (Å²) in [5, 5.41) is 0. The molecule has 0 unspecified atom stereocenters. The fourth-order valence-electron chi connectivity index (χ4n) is 1.63. The van der Waals surface area contributed by atoms with Crippen LogP contribution >= 0.6 is 11.3 Å². The Morgan fingerprint density at radius 2 is 2.12 bits per heavy atom. The van der Waals surface area contributed by atoms with E-state index in [1.165, 1.54) is 12.1 Å². The first-order chi connectivity index (χ1) is 7.83. The van der Waals surface area contributed by atoms with E-state index in [-0.39, 0.29) is 5.82 Å². The van der Waals surface area contributed by atoms with Crippen molar-refractivity contribution in [3.05, 3.63) is 53.8 Å². The fourth-order valence-corrected chi connectivity index (χ4v) is 2.29. The van der Waals surface area contributed by atoms with Gasteiger partial charge >= 0.3 is 0 Å². The van der Waals surface area contributed by atoms with Crippen molar-refractivity contribution >= 4 is 21.6 Å². The molecular weight excluding hydrogens is 221 g/mol. The molecule has 1 heterocycles. The Labute approximate surface area is 96.2 Å². The van der Waals surface area contributed by atoms with Crippen molar-refractivity contribution in [2.24, 2.45) is 0 Å². The minimum Gasteiger partial charge on any atom is -0.245 e. The number of hydrogen-bond donors (Lipinski definition) is 0. The Kier molecular flexibility index (Phi) is 2.18. The lowest BCUT2D eigenvalue weighted by molar-refractivity contribution is 0.628. The minimum absolute atomic E-state index is 0.243. The van der Waals surface area contributed by atoms with Gasteiger partial charge in [-0.15, -0.1) is 11.3 Å². The quantitative estimate of drug-likeness (QED) is 0.615. The van der Waals surface area contributed by atoms with Gasteiger partial charge in [0.25, 0.3) is 0 Å². The Morgan fingerprint density at radius 3 is 3.00 bits per heavy atom. The molecule has 0 spiro atoms. The number of nitrogens with zero attached hydrogens (tertiary/aromatic N) is 1. The maximum Gasteiger partial charge on any atom is 0.123 e. The third-order valence-electron chi connectivity index (χ3n) is 2.41. The lowest BCUT2D eigenvalue weighted by Crippen LogP contribution is -1.80. The molecular formula is C13H7FNS. The second-order valence-corrected chi connectivity index (χ2v) is 4.34. The van der Waals surface area contributed by atoms with Crippen LogP contribution in [0.2, 0.25) is 0 Å². The van der Waals surface area contributed by atoms with Gasteiger partial charge < -0.3 is 0 Å². The van der Waals surface area contributed by atoms with E-state index in [9.17, 15) is 4.39 Å². The van der Waals surface area contributed by atoms with Crippen molar-refractivity contribution in [1.29, 1.82) is 0 Å². The Balaban J connectivity index is 2.18. The van der Waals surface area contributed by atoms with Gasteiger partial charge in [0.1, 0.15) is 5.82 Å². The van der Waals surface area contributed by atoms with Crippen LogP contribution in [0.3, 0.4) is 0 Å². The number of halogens is 1. The van der Waals surface area contributed by atoms with Gasteiger partial charge in [0.05, 0.1) is 15.7 Å². The largest absolute Gasteiger partial charge is 0.245 e. The first kappa shape index (κ1) is 9.48. The molecule has 0 atom stereocenters. The highest BCUT2D eigenvalue weighted by Gasteiger charge is 2.02. The zero-order valence-corrected chi connectivity index (χ0v) is 9.09. The summed E-state index contributed by atoms with van der Waals surface area (Å²) in [6.07, 6.45) is 0. The summed E-state index contributed by atoms with van der Waals surface area (Å²) in [6.45, 7) is 0. The zero-order valence-electron chi connectivity index (χ0n) is 8.27. The number of rotatable bonds is 1. The van der Waals surface area contributed by atoms with Crippen LogP contribution in [0, 0.1) is 11.9 Å². The smallest absolute Gasteiger partial charge is 0.123 e. The van der Waals surface area contributed by atoms with Crippen LogP contribution in [0.1, 0.15) is 0 Å².